The van der Waals surface area contributed by atoms with Crippen LogP contribution in [0.3, 0.4) is 0 Å². The first kappa shape index (κ1) is 13.0. The molecule has 4 nitrogen and oxygen atoms in total. The molecule has 1 saturated heterocycles. The molecule has 0 amide bonds. The molecule has 0 spiro atoms. The number of rotatable bonds is 2. The lowest BCUT2D eigenvalue weighted by Gasteiger charge is -2.16. The molecular weight excluding hydrogens is 304 g/mol. The quantitative estimate of drug-likeness (QED) is 0.898. The molecule has 17 heavy (non-hydrogen) atoms. The van der Waals surface area contributed by atoms with Gasteiger partial charge in [-0.3, -0.25) is 0 Å². The monoisotopic (exact) mass is 318 g/mol. The van der Waals surface area contributed by atoms with E-state index in [0.717, 1.165) is 16.5 Å². The van der Waals surface area contributed by atoms with Crippen LogP contribution in [0.1, 0.15) is 12.0 Å². The normalized spacial score (nSPS) is 21.9. The van der Waals surface area contributed by atoms with E-state index in [9.17, 15) is 8.42 Å². The van der Waals surface area contributed by atoms with Crippen LogP contribution < -0.4 is 5.73 Å². The fourth-order valence-corrected chi connectivity index (χ4v) is 4.37. The summed E-state index contributed by atoms with van der Waals surface area (Å²) >= 11 is 3.32. The summed E-state index contributed by atoms with van der Waals surface area (Å²) in [5.41, 5.74) is 6.66. The number of hydrogen-bond acceptors (Lipinski definition) is 3. The number of nitrogens with zero attached hydrogens (tertiary/aromatic N) is 1. The molecule has 1 heterocycles. The average molecular weight is 319 g/mol. The number of hydrogen-bond donors (Lipinski definition) is 1. The Morgan fingerprint density at radius 1 is 1.41 bits per heavy atom. The molecule has 2 N–H and O–H groups in total. The summed E-state index contributed by atoms with van der Waals surface area (Å²) in [5, 5.41) is 0. The van der Waals surface area contributed by atoms with Crippen molar-refractivity contribution >= 4 is 26.0 Å². The van der Waals surface area contributed by atoms with Gasteiger partial charge in [0.1, 0.15) is 0 Å². The number of benzene rings is 1. The van der Waals surface area contributed by atoms with Gasteiger partial charge in [0.2, 0.25) is 10.0 Å². The van der Waals surface area contributed by atoms with Crippen LogP contribution in [-0.2, 0) is 10.0 Å². The van der Waals surface area contributed by atoms with E-state index < -0.39 is 10.0 Å². The second-order valence-electron chi connectivity index (χ2n) is 4.38. The highest BCUT2D eigenvalue weighted by Gasteiger charge is 2.31. The van der Waals surface area contributed by atoms with Gasteiger partial charge in [-0.15, -0.1) is 0 Å². The van der Waals surface area contributed by atoms with Crippen LogP contribution in [0.2, 0.25) is 0 Å². The van der Waals surface area contributed by atoms with Crippen molar-refractivity contribution in [1.29, 1.82) is 0 Å². The van der Waals surface area contributed by atoms with Crippen molar-refractivity contribution in [3.63, 3.8) is 0 Å². The van der Waals surface area contributed by atoms with E-state index in [0.29, 0.717) is 18.0 Å². The Bertz CT molecular complexity index is 510. The van der Waals surface area contributed by atoms with Gasteiger partial charge in [0.15, 0.2) is 0 Å². The van der Waals surface area contributed by atoms with Crippen LogP contribution in [-0.4, -0.2) is 31.9 Å². The van der Waals surface area contributed by atoms with Crippen molar-refractivity contribution in [2.24, 2.45) is 5.73 Å². The second kappa shape index (κ2) is 4.68. The minimum absolute atomic E-state index is 0.0435. The zero-order valence-electron chi connectivity index (χ0n) is 9.56. The fraction of sp³-hybridized carbons (Fsp3) is 0.455. The molecule has 0 aliphatic carbocycles. The van der Waals surface area contributed by atoms with E-state index in [4.69, 9.17) is 5.73 Å². The van der Waals surface area contributed by atoms with Crippen LogP contribution in [0.4, 0.5) is 0 Å². The number of sulfonamides is 1. The highest BCUT2D eigenvalue weighted by atomic mass is 79.9. The third-order valence-electron chi connectivity index (χ3n) is 2.84. The number of halogens is 1. The summed E-state index contributed by atoms with van der Waals surface area (Å²) in [6.07, 6.45) is 0.728. The molecule has 0 saturated carbocycles. The van der Waals surface area contributed by atoms with Gasteiger partial charge >= 0.3 is 0 Å². The van der Waals surface area contributed by atoms with E-state index in [1.807, 2.05) is 13.0 Å². The highest BCUT2D eigenvalue weighted by Crippen LogP contribution is 2.24. The SMILES string of the molecule is Cc1cc(Br)cc(S(=O)(=O)N2CC[C@@H](N)C2)c1. The third kappa shape index (κ3) is 2.70. The van der Waals surface area contributed by atoms with Crippen molar-refractivity contribution in [3.8, 4) is 0 Å². The van der Waals surface area contributed by atoms with Gasteiger partial charge in [-0.05, 0) is 37.1 Å². The maximum atomic E-state index is 12.3. The standard InChI is InChI=1S/C11H15BrN2O2S/c1-8-4-9(12)6-11(5-8)17(15,16)14-3-2-10(13)7-14/h4-6,10H,2-3,7,13H2,1H3/t10-/m1/s1. The van der Waals surface area contributed by atoms with Gasteiger partial charge in [-0.2, -0.15) is 4.31 Å². The smallest absolute Gasteiger partial charge is 0.243 e. The van der Waals surface area contributed by atoms with Crippen LogP contribution in [0.5, 0.6) is 0 Å². The van der Waals surface area contributed by atoms with E-state index in [1.54, 1.807) is 12.1 Å². The molecule has 0 unspecified atom stereocenters. The summed E-state index contributed by atoms with van der Waals surface area (Å²) in [4.78, 5) is 0.332. The Morgan fingerprint density at radius 2 is 2.12 bits per heavy atom. The molecule has 0 radical (unpaired) electrons. The minimum atomic E-state index is -3.39. The molecule has 94 valence electrons. The first-order valence-corrected chi connectivity index (χ1v) is 7.66. The summed E-state index contributed by atoms with van der Waals surface area (Å²) in [6, 6.07) is 5.16. The van der Waals surface area contributed by atoms with Crippen molar-refractivity contribution < 1.29 is 8.42 Å². The molecule has 0 aromatic heterocycles. The van der Waals surface area contributed by atoms with E-state index in [1.165, 1.54) is 4.31 Å². The second-order valence-corrected chi connectivity index (χ2v) is 7.23. The predicted octanol–water partition coefficient (Wildman–Crippen LogP) is 1.48. The molecule has 1 atom stereocenters. The third-order valence-corrected chi connectivity index (χ3v) is 5.14. The lowest BCUT2D eigenvalue weighted by atomic mass is 10.2. The average Bonchev–Trinajstić information content (AvgIpc) is 2.64. The van der Waals surface area contributed by atoms with E-state index in [2.05, 4.69) is 15.9 Å². The van der Waals surface area contributed by atoms with Gasteiger partial charge < -0.3 is 5.73 Å². The van der Waals surface area contributed by atoms with Gasteiger partial charge in [-0.25, -0.2) is 8.42 Å². The van der Waals surface area contributed by atoms with Gasteiger partial charge in [0.25, 0.3) is 0 Å². The Labute approximate surface area is 110 Å². The van der Waals surface area contributed by atoms with Crippen molar-refractivity contribution in [3.05, 3.63) is 28.2 Å². The molecule has 1 aromatic rings. The fourth-order valence-electron chi connectivity index (χ4n) is 1.97. The molecule has 1 aromatic carbocycles. The molecule has 1 fully saturated rings. The zero-order valence-corrected chi connectivity index (χ0v) is 12.0. The summed E-state index contributed by atoms with van der Waals surface area (Å²) in [5.74, 6) is 0. The largest absolute Gasteiger partial charge is 0.326 e. The highest BCUT2D eigenvalue weighted by molar-refractivity contribution is 9.10. The maximum Gasteiger partial charge on any atom is 0.243 e. The molecule has 2 rings (SSSR count). The maximum absolute atomic E-state index is 12.3. The first-order chi connectivity index (χ1) is 7.89. The van der Waals surface area contributed by atoms with Crippen LogP contribution in [0.15, 0.2) is 27.6 Å². The van der Waals surface area contributed by atoms with E-state index >= 15 is 0 Å². The lowest BCUT2D eigenvalue weighted by molar-refractivity contribution is 0.472. The van der Waals surface area contributed by atoms with Crippen LogP contribution >= 0.6 is 15.9 Å². The van der Waals surface area contributed by atoms with Crippen molar-refractivity contribution in [2.75, 3.05) is 13.1 Å². The molecule has 1 aliphatic heterocycles. The Balaban J connectivity index is 2.38. The van der Waals surface area contributed by atoms with Crippen molar-refractivity contribution in [1.82, 2.24) is 4.31 Å². The summed E-state index contributed by atoms with van der Waals surface area (Å²) < 4.78 is 26.9. The summed E-state index contributed by atoms with van der Waals surface area (Å²) in [7, 11) is -3.39. The van der Waals surface area contributed by atoms with Gasteiger partial charge in [0, 0.05) is 23.6 Å². The molecule has 6 heteroatoms. The zero-order chi connectivity index (χ0) is 12.6. The van der Waals surface area contributed by atoms with Crippen LogP contribution in [0.25, 0.3) is 0 Å². The van der Waals surface area contributed by atoms with Gasteiger partial charge in [0.05, 0.1) is 4.90 Å². The number of aryl methyl sites for hydroxylation is 1. The van der Waals surface area contributed by atoms with Crippen LogP contribution in [0, 0.1) is 6.92 Å². The molecular formula is C11H15BrN2O2S. The van der Waals surface area contributed by atoms with E-state index in [-0.39, 0.29) is 6.04 Å². The van der Waals surface area contributed by atoms with Crippen molar-refractivity contribution in [2.45, 2.75) is 24.3 Å². The Hall–Kier alpha value is -0.430. The molecule has 0 bridgehead atoms. The van der Waals surface area contributed by atoms with Gasteiger partial charge in [-0.1, -0.05) is 15.9 Å². The Morgan fingerprint density at radius 3 is 2.65 bits per heavy atom. The molecule has 1 aliphatic rings. The topological polar surface area (TPSA) is 63.4 Å². The number of nitrogens with two attached hydrogens (primary N) is 1. The Kier molecular flexibility index (Phi) is 3.58. The summed E-state index contributed by atoms with van der Waals surface area (Å²) in [6.45, 7) is 2.79. The first-order valence-electron chi connectivity index (χ1n) is 5.42. The minimum Gasteiger partial charge on any atom is -0.326 e. The predicted molar refractivity (Wildman–Crippen MR) is 70.2 cm³/mol. The lowest BCUT2D eigenvalue weighted by Crippen LogP contribution is -2.32.